The van der Waals surface area contributed by atoms with Crippen molar-refractivity contribution in [1.82, 2.24) is 14.1 Å². The van der Waals surface area contributed by atoms with Gasteiger partial charge in [-0.3, -0.25) is 4.57 Å². The fourth-order valence-electron chi connectivity index (χ4n) is 9.35. The Hall–Kier alpha value is -6.55. The molecule has 0 amide bonds. The molecule has 0 radical (unpaired) electrons. The molecule has 0 saturated heterocycles. The molecule has 0 atom stereocenters. The molecule has 7 aromatic carbocycles. The van der Waals surface area contributed by atoms with Gasteiger partial charge in [0.15, 0.2) is 0 Å². The summed E-state index contributed by atoms with van der Waals surface area (Å²) in [4.78, 5) is 4.74. The minimum Gasteiger partial charge on any atom is -0.510 e. The molecule has 2 aliphatic carbocycles. The van der Waals surface area contributed by atoms with Gasteiger partial charge >= 0.3 is 0 Å². The monoisotopic (exact) mass is 1190 g/mol. The second-order valence-electron chi connectivity index (χ2n) is 19.1. The van der Waals surface area contributed by atoms with Crippen LogP contribution in [0.4, 0.5) is 0 Å². The van der Waals surface area contributed by atoms with Gasteiger partial charge in [0.05, 0.1) is 24.9 Å². The average Bonchev–Trinajstić information content (AvgIpc) is 0.674. The molecule has 0 fully saturated rings. The van der Waals surface area contributed by atoms with E-state index in [2.05, 4.69) is 39.2 Å². The minimum atomic E-state index is -4.85. The van der Waals surface area contributed by atoms with Gasteiger partial charge in [0.1, 0.15) is 5.82 Å². The van der Waals surface area contributed by atoms with Gasteiger partial charge in [-0.05, 0) is 132 Å². The molecule has 0 N–H and O–H groups in total. The van der Waals surface area contributed by atoms with Crippen molar-refractivity contribution in [2.45, 2.75) is 128 Å². The van der Waals surface area contributed by atoms with Gasteiger partial charge in [0.2, 0.25) is 0 Å². The number of benzene rings is 7. The van der Waals surface area contributed by atoms with Crippen LogP contribution in [-0.4, -0.2) is 14.1 Å². The molecule has 0 spiro atoms. The van der Waals surface area contributed by atoms with Gasteiger partial charge in [-0.2, -0.15) is 18.2 Å². The molecule has 0 aliphatic heterocycles. The standard InChI is InChI=1S/C68H66N4O.Pt/c1-64(2,3)46-32-37-69-62(40-46)72-58-23-13-12-20-52(58)53-29-28-49(42-61(53)72)73-48-19-16-18-47(41-48)70-43-71(60-25-15-14-24-59(60)70)63-50(44-26-30-54-56(38-44)67(8,9)35-33-65(54,4)5)21-17-22-51(63)45-27-31-55-57(39-45)68(10,11)36-34-66(55,6)7;/h12-32,37-40H,33-36H2,1-11H3;/q-2;/i4D3,5D3,6D3,7D3,8D3,9D3,10D3,11D3,26D,27D,30D,31D,33D2,34D2,35D2,36D2,38D,39D;. The smallest absolute Gasteiger partial charge is 0.268 e. The van der Waals surface area contributed by atoms with Crippen molar-refractivity contribution in [2.75, 3.05) is 0 Å². The Balaban J connectivity index is 0.0000124. The van der Waals surface area contributed by atoms with Crippen LogP contribution in [0.5, 0.6) is 11.5 Å². The number of imidazole rings is 1. The van der Waals surface area contributed by atoms with Crippen molar-refractivity contribution < 1.29 is 82.5 Å². The Bertz CT molecular complexity index is 5260. The molecule has 2 aliphatic rings. The van der Waals surface area contributed by atoms with E-state index in [0.29, 0.717) is 11.3 Å². The Kier molecular flexibility index (Phi) is 5.38. The van der Waals surface area contributed by atoms with E-state index in [1.807, 2.05) is 47.0 Å². The molecule has 12 rings (SSSR count). The summed E-state index contributed by atoms with van der Waals surface area (Å²) in [6.07, 6.45) is -14.5. The van der Waals surface area contributed by atoms with Gasteiger partial charge in [-0.25, -0.2) is 4.98 Å². The zero-order valence-electron chi connectivity index (χ0n) is 77.5. The molecule has 6 heteroatoms. The predicted octanol–water partition coefficient (Wildman–Crippen LogP) is 16.9. The van der Waals surface area contributed by atoms with Gasteiger partial charge in [-0.15, -0.1) is 29.7 Å². The minimum absolute atomic E-state index is 0. The van der Waals surface area contributed by atoms with E-state index in [9.17, 15) is 19.2 Å². The molecule has 3 aromatic heterocycles. The molecule has 10 aromatic rings. The van der Waals surface area contributed by atoms with E-state index in [0.717, 1.165) is 44.6 Å². The number of aromatic nitrogens is 4. The van der Waals surface area contributed by atoms with Crippen LogP contribution in [0.2, 0.25) is 0 Å². The first kappa shape index (κ1) is 22.3. The maximum atomic E-state index is 10.4. The number of ether oxygens (including phenoxy) is 1. The second kappa shape index (κ2) is 17.8. The number of hydrogen-bond acceptors (Lipinski definition) is 2. The third kappa shape index (κ3) is 8.35. The summed E-state index contributed by atoms with van der Waals surface area (Å²) in [5, 5.41) is 1.61. The molecule has 376 valence electrons. The largest absolute Gasteiger partial charge is 0.510 e. The second-order valence-corrected chi connectivity index (χ2v) is 19.1. The van der Waals surface area contributed by atoms with E-state index in [1.54, 1.807) is 12.3 Å². The van der Waals surface area contributed by atoms with E-state index >= 15 is 0 Å². The molecule has 0 unspecified atom stereocenters. The summed E-state index contributed by atoms with van der Waals surface area (Å²) in [7, 11) is 0. The first-order chi connectivity index (χ1) is 50.4. The van der Waals surface area contributed by atoms with Gasteiger partial charge in [0.25, 0.3) is 6.33 Å². The van der Waals surface area contributed by atoms with Crippen LogP contribution in [0.25, 0.3) is 72.3 Å². The number of rotatable bonds is 7. The number of para-hydroxylation sites is 4. The van der Waals surface area contributed by atoms with Crippen molar-refractivity contribution in [3.05, 3.63) is 198 Å². The Labute approximate surface area is 505 Å². The third-order valence-corrected chi connectivity index (χ3v) is 13.0. The molecule has 0 bridgehead atoms. The Morgan fingerprint density at radius 1 is 0.622 bits per heavy atom. The zero-order valence-corrected chi connectivity index (χ0v) is 41.8. The van der Waals surface area contributed by atoms with Crippen LogP contribution < -0.4 is 9.30 Å². The average molecular weight is 1190 g/mol. The Morgan fingerprint density at radius 3 is 1.84 bits per heavy atom. The molecule has 74 heavy (non-hydrogen) atoms. The summed E-state index contributed by atoms with van der Waals surface area (Å²) in [5.74, 6) is 0.670. The number of pyridine rings is 1. The van der Waals surface area contributed by atoms with Crippen LogP contribution in [0.3, 0.4) is 0 Å². The summed E-state index contributed by atoms with van der Waals surface area (Å²) >= 11 is 0. The van der Waals surface area contributed by atoms with Crippen molar-refractivity contribution in [1.29, 1.82) is 0 Å². The van der Waals surface area contributed by atoms with Crippen LogP contribution in [-0.2, 0) is 48.1 Å². The first-order valence-electron chi connectivity index (χ1n) is 41.9. The van der Waals surface area contributed by atoms with Crippen molar-refractivity contribution in [3.63, 3.8) is 0 Å². The fourth-order valence-corrected chi connectivity index (χ4v) is 9.35. The van der Waals surface area contributed by atoms with Crippen LogP contribution in [0.15, 0.2) is 152 Å². The van der Waals surface area contributed by atoms with Gasteiger partial charge < -0.3 is 13.9 Å². The maximum Gasteiger partial charge on any atom is 0.268 e. The summed E-state index contributed by atoms with van der Waals surface area (Å²) in [6.45, 7) is -30.2. The van der Waals surface area contributed by atoms with Crippen molar-refractivity contribution in [3.8, 4) is 50.9 Å². The van der Waals surface area contributed by atoms with E-state index in [1.165, 1.54) is 47.0 Å². The normalized spacial score (nSPS) is 28.0. The first-order valence-corrected chi connectivity index (χ1v) is 22.9. The van der Waals surface area contributed by atoms with Crippen molar-refractivity contribution >= 4 is 32.8 Å². The van der Waals surface area contributed by atoms with Crippen LogP contribution >= 0.6 is 0 Å². The molecular weight excluding hydrogens is 1080 g/mol. The fraction of sp³-hybridized carbons (Fsp3) is 0.294. The van der Waals surface area contributed by atoms with Crippen LogP contribution in [0, 0.1) is 18.5 Å². The van der Waals surface area contributed by atoms with Gasteiger partial charge in [-0.1, -0.05) is 178 Å². The molecule has 5 nitrogen and oxygen atoms in total. The maximum absolute atomic E-state index is 10.4. The topological polar surface area (TPSA) is 35.9 Å². The van der Waals surface area contributed by atoms with E-state index in [-0.39, 0.29) is 54.7 Å². The quantitative estimate of drug-likeness (QED) is 0.118. The summed E-state index contributed by atoms with van der Waals surface area (Å²) in [6, 6.07) is 23.7. The predicted molar refractivity (Wildman–Crippen MR) is 300 cm³/mol. The van der Waals surface area contributed by atoms with Crippen molar-refractivity contribution in [2.24, 2.45) is 0 Å². The van der Waals surface area contributed by atoms with Crippen LogP contribution in [0.1, 0.15) is 181 Å². The summed E-state index contributed by atoms with van der Waals surface area (Å²) < 4.78 is 362. The molecule has 3 heterocycles. The van der Waals surface area contributed by atoms with Gasteiger partial charge in [0, 0.05) is 88.1 Å². The Morgan fingerprint density at radius 2 is 1.20 bits per heavy atom. The molecular formula is C68H66N4OPt-2. The SMILES string of the molecule is [2H]c1c([2H])c2c(c([2H])c1-c1cccc(-c3c([2H])c([2H])c4c(c3[2H])C(C([2H])([2H])[2H])(C([2H])([2H])[2H])C([2H])([2H])C([2H])([2H])C4(C([2H])([2H])[2H])C([2H])([2H])[2H])c1-[n+]1[c-]n(-c3[c-]c(Oc4[c-]c5c(cc4)c4ccccc4n5-c4cc(C(C)(C)C)ccn4)ccc3)c3ccccc31)C(C([2H])([2H])[2H])(C([2H])([2H])[2H])C([2H])([2H])C([2H])([2H])C2(C([2H])([2H])[2H])C([2H])([2H])[2H].[Pt]. The number of hydrogen-bond donors (Lipinski definition) is 0. The summed E-state index contributed by atoms with van der Waals surface area (Å²) in [5.41, 5.74) is -29.8. The van der Waals surface area contributed by atoms with E-state index < -0.39 is 188 Å². The zero-order chi connectivity index (χ0) is 83.2. The number of fused-ring (bicyclic) bond motifs is 6. The van der Waals surface area contributed by atoms with E-state index in [4.69, 9.17) is 42.6 Å². The molecule has 0 saturated carbocycles. The number of nitrogens with zero attached hydrogens (tertiary/aromatic N) is 4. The third-order valence-electron chi connectivity index (χ3n) is 13.0.